The second kappa shape index (κ2) is 5.47. The molecule has 4 nitrogen and oxygen atoms in total. The number of esters is 1. The minimum atomic E-state index is -3.02. The predicted octanol–water partition coefficient (Wildman–Crippen LogP) is 2.36. The van der Waals surface area contributed by atoms with E-state index in [1.54, 1.807) is 6.92 Å². The number of benzene rings is 1. The summed E-state index contributed by atoms with van der Waals surface area (Å²) < 4.78 is 33.5. The molecule has 0 saturated carbocycles. The molecule has 1 rings (SSSR count). The standard InChI is InChI=1S/C11H13F2NO3/c1-3-16-10(15)7-4-5-8(14)6(2)9(7)17-11(12)13/h4-5,11H,3,14H2,1-2H3. The van der Waals surface area contributed by atoms with Gasteiger partial charge < -0.3 is 15.2 Å². The number of anilines is 1. The van der Waals surface area contributed by atoms with Crippen molar-refractivity contribution in [2.24, 2.45) is 0 Å². The van der Waals surface area contributed by atoms with Crippen molar-refractivity contribution in [2.75, 3.05) is 12.3 Å². The van der Waals surface area contributed by atoms with Crippen LogP contribution in [0.15, 0.2) is 12.1 Å². The van der Waals surface area contributed by atoms with Crippen molar-refractivity contribution in [3.63, 3.8) is 0 Å². The Morgan fingerprint density at radius 2 is 2.12 bits per heavy atom. The van der Waals surface area contributed by atoms with Gasteiger partial charge in [-0.1, -0.05) is 0 Å². The molecule has 0 unspecified atom stereocenters. The summed E-state index contributed by atoms with van der Waals surface area (Å²) in [5, 5.41) is 0. The van der Waals surface area contributed by atoms with Crippen LogP contribution >= 0.6 is 0 Å². The largest absolute Gasteiger partial charge is 0.462 e. The number of alkyl halides is 2. The molecule has 1 aromatic rings. The summed E-state index contributed by atoms with van der Waals surface area (Å²) >= 11 is 0. The first kappa shape index (κ1) is 13.2. The fourth-order valence-corrected chi connectivity index (χ4v) is 1.32. The van der Waals surface area contributed by atoms with E-state index in [0.717, 1.165) is 0 Å². The van der Waals surface area contributed by atoms with Crippen molar-refractivity contribution < 1.29 is 23.0 Å². The molecule has 0 aromatic heterocycles. The van der Waals surface area contributed by atoms with E-state index < -0.39 is 12.6 Å². The molecule has 0 atom stereocenters. The first-order chi connectivity index (χ1) is 7.97. The van der Waals surface area contributed by atoms with Gasteiger partial charge in [-0.05, 0) is 26.0 Å². The predicted molar refractivity (Wildman–Crippen MR) is 58.2 cm³/mol. The quantitative estimate of drug-likeness (QED) is 0.653. The lowest BCUT2D eigenvalue weighted by atomic mass is 10.1. The monoisotopic (exact) mass is 245 g/mol. The van der Waals surface area contributed by atoms with Gasteiger partial charge in [0.1, 0.15) is 11.3 Å². The Bertz CT molecular complexity index is 421. The highest BCUT2D eigenvalue weighted by Crippen LogP contribution is 2.30. The highest BCUT2D eigenvalue weighted by atomic mass is 19.3. The van der Waals surface area contributed by atoms with E-state index in [2.05, 4.69) is 4.74 Å². The Morgan fingerprint density at radius 3 is 2.65 bits per heavy atom. The number of carbonyl (C=O) groups is 1. The maximum Gasteiger partial charge on any atom is 0.387 e. The average Bonchev–Trinajstić information content (AvgIpc) is 2.24. The Hall–Kier alpha value is -1.85. The van der Waals surface area contributed by atoms with Crippen molar-refractivity contribution >= 4 is 11.7 Å². The highest BCUT2D eigenvalue weighted by Gasteiger charge is 2.20. The number of hydrogen-bond acceptors (Lipinski definition) is 4. The minimum absolute atomic E-state index is 0.0566. The van der Waals surface area contributed by atoms with E-state index in [-0.39, 0.29) is 29.2 Å². The van der Waals surface area contributed by atoms with Gasteiger partial charge >= 0.3 is 12.6 Å². The summed E-state index contributed by atoms with van der Waals surface area (Å²) in [4.78, 5) is 11.5. The van der Waals surface area contributed by atoms with E-state index in [1.165, 1.54) is 19.1 Å². The first-order valence-corrected chi connectivity index (χ1v) is 4.98. The Labute approximate surface area is 97.3 Å². The normalized spacial score (nSPS) is 10.4. The third kappa shape index (κ3) is 3.05. The molecule has 0 aliphatic carbocycles. The molecule has 6 heteroatoms. The van der Waals surface area contributed by atoms with Crippen LogP contribution in [0.3, 0.4) is 0 Å². The maximum atomic E-state index is 12.2. The number of halogens is 2. The van der Waals surface area contributed by atoms with Crippen LogP contribution in [0.5, 0.6) is 5.75 Å². The number of ether oxygens (including phenoxy) is 2. The summed E-state index contributed by atoms with van der Waals surface area (Å²) in [7, 11) is 0. The topological polar surface area (TPSA) is 61.5 Å². The molecule has 0 fully saturated rings. The van der Waals surface area contributed by atoms with Crippen molar-refractivity contribution in [1.29, 1.82) is 0 Å². The highest BCUT2D eigenvalue weighted by molar-refractivity contribution is 5.94. The van der Waals surface area contributed by atoms with Gasteiger partial charge in [-0.3, -0.25) is 0 Å². The Morgan fingerprint density at radius 1 is 1.47 bits per heavy atom. The lowest BCUT2D eigenvalue weighted by Crippen LogP contribution is -2.12. The molecule has 1 aromatic carbocycles. The van der Waals surface area contributed by atoms with E-state index in [1.807, 2.05) is 0 Å². The second-order valence-corrected chi connectivity index (χ2v) is 3.26. The van der Waals surface area contributed by atoms with Gasteiger partial charge in [-0.25, -0.2) is 4.79 Å². The Kier molecular flexibility index (Phi) is 4.25. The van der Waals surface area contributed by atoms with Crippen LogP contribution in [0.2, 0.25) is 0 Å². The SMILES string of the molecule is CCOC(=O)c1ccc(N)c(C)c1OC(F)F. The van der Waals surface area contributed by atoms with E-state index in [4.69, 9.17) is 10.5 Å². The van der Waals surface area contributed by atoms with Crippen LogP contribution in [0.25, 0.3) is 0 Å². The zero-order valence-electron chi connectivity index (χ0n) is 9.50. The van der Waals surface area contributed by atoms with Crippen molar-refractivity contribution in [2.45, 2.75) is 20.5 Å². The van der Waals surface area contributed by atoms with Gasteiger partial charge in [-0.15, -0.1) is 0 Å². The summed E-state index contributed by atoms with van der Waals surface area (Å²) in [6.07, 6.45) is 0. The fraction of sp³-hybridized carbons (Fsp3) is 0.364. The molecule has 17 heavy (non-hydrogen) atoms. The number of nitrogens with two attached hydrogens (primary N) is 1. The van der Waals surface area contributed by atoms with Crippen molar-refractivity contribution in [3.8, 4) is 5.75 Å². The molecule has 0 aliphatic heterocycles. The smallest absolute Gasteiger partial charge is 0.387 e. The van der Waals surface area contributed by atoms with E-state index in [0.29, 0.717) is 0 Å². The lowest BCUT2D eigenvalue weighted by Gasteiger charge is -2.14. The van der Waals surface area contributed by atoms with Crippen molar-refractivity contribution in [3.05, 3.63) is 23.3 Å². The van der Waals surface area contributed by atoms with Gasteiger partial charge in [0.15, 0.2) is 0 Å². The van der Waals surface area contributed by atoms with Gasteiger partial charge in [0, 0.05) is 11.3 Å². The third-order valence-electron chi connectivity index (χ3n) is 2.15. The molecule has 0 spiro atoms. The fourth-order valence-electron chi connectivity index (χ4n) is 1.32. The molecular formula is C11H13F2NO3. The van der Waals surface area contributed by atoms with Crippen LogP contribution < -0.4 is 10.5 Å². The van der Waals surface area contributed by atoms with Crippen LogP contribution in [0.4, 0.5) is 14.5 Å². The number of rotatable bonds is 4. The molecule has 0 amide bonds. The molecular weight excluding hydrogens is 232 g/mol. The number of nitrogen functional groups attached to an aromatic ring is 1. The number of carbonyl (C=O) groups excluding carboxylic acids is 1. The zero-order chi connectivity index (χ0) is 13.0. The number of hydrogen-bond donors (Lipinski definition) is 1. The molecule has 0 saturated heterocycles. The van der Waals surface area contributed by atoms with Crippen LogP contribution in [-0.4, -0.2) is 19.2 Å². The first-order valence-electron chi connectivity index (χ1n) is 4.98. The van der Waals surface area contributed by atoms with Crippen LogP contribution in [0, 0.1) is 6.92 Å². The van der Waals surface area contributed by atoms with Crippen LogP contribution in [-0.2, 0) is 4.74 Å². The summed E-state index contributed by atoms with van der Waals surface area (Å²) in [5.74, 6) is -0.954. The molecule has 0 heterocycles. The summed E-state index contributed by atoms with van der Waals surface area (Å²) in [5.41, 5.74) is 6.07. The third-order valence-corrected chi connectivity index (χ3v) is 2.15. The molecule has 0 aliphatic rings. The molecule has 2 N–H and O–H groups in total. The van der Waals surface area contributed by atoms with Gasteiger partial charge in [0.25, 0.3) is 0 Å². The maximum absolute atomic E-state index is 12.2. The van der Waals surface area contributed by atoms with E-state index in [9.17, 15) is 13.6 Å². The van der Waals surface area contributed by atoms with Gasteiger partial charge in [0.05, 0.1) is 6.61 Å². The molecule has 0 bridgehead atoms. The zero-order valence-corrected chi connectivity index (χ0v) is 9.50. The molecule has 94 valence electrons. The van der Waals surface area contributed by atoms with E-state index >= 15 is 0 Å². The van der Waals surface area contributed by atoms with Gasteiger partial charge in [-0.2, -0.15) is 8.78 Å². The van der Waals surface area contributed by atoms with Crippen LogP contribution in [0.1, 0.15) is 22.8 Å². The van der Waals surface area contributed by atoms with Gasteiger partial charge in [0.2, 0.25) is 0 Å². The second-order valence-electron chi connectivity index (χ2n) is 3.26. The van der Waals surface area contributed by atoms with Crippen molar-refractivity contribution in [1.82, 2.24) is 0 Å². The average molecular weight is 245 g/mol. The minimum Gasteiger partial charge on any atom is -0.462 e. The summed E-state index contributed by atoms with van der Waals surface area (Å²) in [6.45, 7) is 0.241. The Balaban J connectivity index is 3.19. The summed E-state index contributed by atoms with van der Waals surface area (Å²) in [6, 6.07) is 2.75. The molecule has 0 radical (unpaired) electrons. The lowest BCUT2D eigenvalue weighted by molar-refractivity contribution is -0.0508.